The highest BCUT2D eigenvalue weighted by Gasteiger charge is 2.32. The van der Waals surface area contributed by atoms with Crippen LogP contribution in [0.5, 0.6) is 0 Å². The van der Waals surface area contributed by atoms with Crippen LogP contribution < -0.4 is 20.9 Å². The number of carbonyl (C=O) groups excluding carboxylic acids is 2. The van der Waals surface area contributed by atoms with Crippen molar-refractivity contribution in [2.75, 3.05) is 24.5 Å². The molecule has 0 saturated carbocycles. The molecule has 28 heavy (non-hydrogen) atoms. The predicted octanol–water partition coefficient (Wildman–Crippen LogP) is 1.57. The Morgan fingerprint density at radius 1 is 1.36 bits per heavy atom. The van der Waals surface area contributed by atoms with Crippen LogP contribution in [0.1, 0.15) is 24.4 Å². The van der Waals surface area contributed by atoms with E-state index in [1.807, 2.05) is 0 Å². The van der Waals surface area contributed by atoms with Gasteiger partial charge in [0.1, 0.15) is 6.04 Å². The second-order valence-electron chi connectivity index (χ2n) is 6.44. The van der Waals surface area contributed by atoms with Gasteiger partial charge >= 0.3 is 6.09 Å². The Labute approximate surface area is 164 Å². The second kappa shape index (κ2) is 10.1. The maximum atomic E-state index is 12.6. The van der Waals surface area contributed by atoms with Crippen LogP contribution in [-0.4, -0.2) is 48.7 Å². The first-order chi connectivity index (χ1) is 13.5. The Bertz CT molecular complexity index is 749. The van der Waals surface area contributed by atoms with Crippen molar-refractivity contribution in [3.8, 4) is 0 Å². The van der Waals surface area contributed by atoms with Gasteiger partial charge in [0.25, 0.3) is 0 Å². The molecule has 1 saturated heterocycles. The number of nitrogens with zero attached hydrogens (tertiary/aromatic N) is 1. The van der Waals surface area contributed by atoms with Crippen molar-refractivity contribution in [1.82, 2.24) is 16.0 Å². The lowest BCUT2D eigenvalue weighted by Crippen LogP contribution is -2.60. The molecule has 8 heteroatoms. The molecule has 2 atom stereocenters. The molecule has 1 heterocycles. The number of carbonyl (C=O) groups is 3. The molecule has 8 nitrogen and oxygen atoms in total. The molecule has 2 rings (SSSR count). The highest BCUT2D eigenvalue weighted by molar-refractivity contribution is 5.92. The molecule has 150 valence electrons. The lowest BCUT2D eigenvalue weighted by atomic mass is 10.0. The van der Waals surface area contributed by atoms with Gasteiger partial charge in [0.05, 0.1) is 12.6 Å². The third kappa shape index (κ3) is 5.60. The first-order valence-corrected chi connectivity index (χ1v) is 9.08. The van der Waals surface area contributed by atoms with Crippen molar-refractivity contribution in [2.45, 2.75) is 24.9 Å². The van der Waals surface area contributed by atoms with E-state index in [2.05, 4.69) is 29.1 Å². The molecule has 0 aromatic heterocycles. The third-order valence-corrected chi connectivity index (χ3v) is 4.44. The van der Waals surface area contributed by atoms with Crippen LogP contribution in [0.2, 0.25) is 0 Å². The minimum Gasteiger partial charge on any atom is -0.465 e. The van der Waals surface area contributed by atoms with Gasteiger partial charge in [-0.25, -0.2) is 4.79 Å². The average Bonchev–Trinajstić information content (AvgIpc) is 2.67. The summed E-state index contributed by atoms with van der Waals surface area (Å²) in [6.45, 7) is 8.02. The van der Waals surface area contributed by atoms with Crippen molar-refractivity contribution in [1.29, 1.82) is 0 Å². The second-order valence-corrected chi connectivity index (χ2v) is 6.44. The van der Waals surface area contributed by atoms with Gasteiger partial charge in [-0.2, -0.15) is 0 Å². The van der Waals surface area contributed by atoms with Gasteiger partial charge in [-0.05, 0) is 30.5 Å². The van der Waals surface area contributed by atoms with Gasteiger partial charge in [-0.3, -0.25) is 9.59 Å². The van der Waals surface area contributed by atoms with E-state index in [0.717, 1.165) is 5.56 Å². The van der Waals surface area contributed by atoms with E-state index in [1.54, 1.807) is 41.3 Å². The van der Waals surface area contributed by atoms with Crippen molar-refractivity contribution < 1.29 is 19.5 Å². The number of hydrogen-bond acceptors (Lipinski definition) is 4. The van der Waals surface area contributed by atoms with Crippen LogP contribution >= 0.6 is 0 Å². The monoisotopic (exact) mass is 386 g/mol. The highest BCUT2D eigenvalue weighted by atomic mass is 16.4. The SMILES string of the molecule is C=CCCNC(=O)C1CNC(=O)CN1c1cccc(C(CC=C)NC(=O)O)c1. The summed E-state index contributed by atoms with van der Waals surface area (Å²) in [6, 6.07) is 6.17. The summed E-state index contributed by atoms with van der Waals surface area (Å²) in [5, 5.41) is 17.1. The Morgan fingerprint density at radius 3 is 2.82 bits per heavy atom. The minimum absolute atomic E-state index is 0.0431. The van der Waals surface area contributed by atoms with Crippen molar-refractivity contribution in [2.24, 2.45) is 0 Å². The molecule has 3 amide bonds. The molecule has 1 aliphatic rings. The standard InChI is InChI=1S/C20H26N4O4/c1-3-5-10-21-19(26)17-12-22-18(25)13-24(17)15-9-6-8-14(11-15)16(7-4-2)23-20(27)28/h3-4,6,8-9,11,16-17,23H,1-2,5,7,10,12-13H2,(H,21,26)(H,22,25)(H,27,28). The van der Waals surface area contributed by atoms with E-state index < -0.39 is 18.2 Å². The Kier molecular flexibility index (Phi) is 7.62. The quantitative estimate of drug-likeness (QED) is 0.380. The number of nitrogens with one attached hydrogen (secondary N) is 3. The van der Waals surface area contributed by atoms with Crippen LogP contribution in [0.15, 0.2) is 49.6 Å². The largest absolute Gasteiger partial charge is 0.465 e. The zero-order valence-electron chi connectivity index (χ0n) is 15.7. The van der Waals surface area contributed by atoms with Gasteiger partial charge in [0.15, 0.2) is 0 Å². The van der Waals surface area contributed by atoms with Gasteiger partial charge in [0.2, 0.25) is 11.8 Å². The number of hydrogen-bond donors (Lipinski definition) is 4. The fourth-order valence-corrected chi connectivity index (χ4v) is 3.08. The zero-order chi connectivity index (χ0) is 20.5. The first-order valence-electron chi connectivity index (χ1n) is 9.08. The van der Waals surface area contributed by atoms with Gasteiger partial charge in [-0.1, -0.05) is 24.3 Å². The molecule has 1 aromatic carbocycles. The van der Waals surface area contributed by atoms with Crippen LogP contribution in [-0.2, 0) is 9.59 Å². The minimum atomic E-state index is -1.13. The van der Waals surface area contributed by atoms with E-state index in [9.17, 15) is 14.4 Å². The summed E-state index contributed by atoms with van der Waals surface area (Å²) in [6.07, 6.45) is 3.30. The van der Waals surface area contributed by atoms with Crippen LogP contribution in [0.25, 0.3) is 0 Å². The maximum absolute atomic E-state index is 12.6. The van der Waals surface area contributed by atoms with Crippen LogP contribution in [0.4, 0.5) is 10.5 Å². The molecule has 0 bridgehead atoms. The summed E-state index contributed by atoms with van der Waals surface area (Å²) in [4.78, 5) is 37.3. The first kappa shape index (κ1) is 21.0. The Morgan fingerprint density at radius 2 is 2.14 bits per heavy atom. The van der Waals surface area contributed by atoms with E-state index in [4.69, 9.17) is 5.11 Å². The molecular weight excluding hydrogens is 360 g/mol. The number of anilines is 1. The third-order valence-electron chi connectivity index (χ3n) is 4.44. The Balaban J connectivity index is 2.26. The van der Waals surface area contributed by atoms with E-state index in [1.165, 1.54) is 0 Å². The average molecular weight is 386 g/mol. The van der Waals surface area contributed by atoms with E-state index in [0.29, 0.717) is 25.1 Å². The number of benzene rings is 1. The molecular formula is C20H26N4O4. The fraction of sp³-hybridized carbons (Fsp3) is 0.350. The summed E-state index contributed by atoms with van der Waals surface area (Å²) in [5.74, 6) is -0.356. The summed E-state index contributed by atoms with van der Waals surface area (Å²) < 4.78 is 0. The summed E-state index contributed by atoms with van der Waals surface area (Å²) >= 11 is 0. The molecule has 1 fully saturated rings. The van der Waals surface area contributed by atoms with Crippen molar-refractivity contribution >= 4 is 23.6 Å². The number of piperazine rings is 1. The maximum Gasteiger partial charge on any atom is 0.405 e. The topological polar surface area (TPSA) is 111 Å². The number of amides is 3. The smallest absolute Gasteiger partial charge is 0.405 e. The molecule has 4 N–H and O–H groups in total. The van der Waals surface area contributed by atoms with Crippen LogP contribution in [0.3, 0.4) is 0 Å². The summed E-state index contributed by atoms with van der Waals surface area (Å²) in [5.41, 5.74) is 1.41. The normalized spacial score (nSPS) is 17.2. The number of rotatable bonds is 9. The van der Waals surface area contributed by atoms with Gasteiger partial charge in [0, 0.05) is 18.8 Å². The van der Waals surface area contributed by atoms with E-state index in [-0.39, 0.29) is 24.9 Å². The molecule has 1 aromatic rings. The predicted molar refractivity (Wildman–Crippen MR) is 107 cm³/mol. The van der Waals surface area contributed by atoms with Gasteiger partial charge < -0.3 is 26.0 Å². The van der Waals surface area contributed by atoms with E-state index >= 15 is 0 Å². The molecule has 0 radical (unpaired) electrons. The molecule has 2 unspecified atom stereocenters. The van der Waals surface area contributed by atoms with Crippen LogP contribution in [0, 0.1) is 0 Å². The molecule has 0 spiro atoms. The van der Waals surface area contributed by atoms with Crippen molar-refractivity contribution in [3.63, 3.8) is 0 Å². The summed E-state index contributed by atoms with van der Waals surface area (Å²) in [7, 11) is 0. The zero-order valence-corrected chi connectivity index (χ0v) is 15.7. The van der Waals surface area contributed by atoms with Gasteiger partial charge in [-0.15, -0.1) is 13.2 Å². The highest BCUT2D eigenvalue weighted by Crippen LogP contribution is 2.25. The Hall–Kier alpha value is -3.29. The fourth-order valence-electron chi connectivity index (χ4n) is 3.08. The molecule has 0 aliphatic carbocycles. The lowest BCUT2D eigenvalue weighted by Gasteiger charge is -2.36. The van der Waals surface area contributed by atoms with Crippen molar-refractivity contribution in [3.05, 3.63) is 55.1 Å². The molecule has 1 aliphatic heterocycles. The number of carboxylic acid groups (broad SMARTS) is 1. The lowest BCUT2D eigenvalue weighted by molar-refractivity contribution is -0.125.